The van der Waals surface area contributed by atoms with Crippen molar-refractivity contribution in [3.8, 4) is 0 Å². The average Bonchev–Trinajstić information content (AvgIpc) is 2.03. The van der Waals surface area contributed by atoms with Crippen molar-refractivity contribution in [2.75, 3.05) is 13.1 Å². The first-order valence-corrected chi connectivity index (χ1v) is 4.78. The fourth-order valence-electron chi connectivity index (χ4n) is 1.26. The molecule has 92 valence electrons. The molecule has 1 rings (SSSR count). The SMILES string of the molecule is CC(C)(C)OC(=O)N1CC[CH-]CC1.[I-].[I-].[Zn+2]. The topological polar surface area (TPSA) is 29.5 Å². The van der Waals surface area contributed by atoms with Gasteiger partial charge in [-0.15, -0.1) is 0 Å². The van der Waals surface area contributed by atoms with Crippen LogP contribution in [0.4, 0.5) is 4.79 Å². The third kappa shape index (κ3) is 9.39. The Labute approximate surface area is 145 Å². The molecule has 0 bridgehead atoms. The molecule has 1 heterocycles. The van der Waals surface area contributed by atoms with Gasteiger partial charge in [-0.05, 0) is 33.9 Å². The van der Waals surface area contributed by atoms with Crippen molar-refractivity contribution in [3.05, 3.63) is 6.42 Å². The van der Waals surface area contributed by atoms with Gasteiger partial charge in [-0.2, -0.15) is 12.8 Å². The van der Waals surface area contributed by atoms with Gasteiger partial charge in [0.15, 0.2) is 0 Å². The van der Waals surface area contributed by atoms with Crippen molar-refractivity contribution >= 4 is 6.09 Å². The first kappa shape index (κ1) is 22.5. The van der Waals surface area contributed by atoms with E-state index in [0.29, 0.717) is 0 Å². The number of rotatable bonds is 0. The quantitative estimate of drug-likeness (QED) is 0.193. The van der Waals surface area contributed by atoms with Gasteiger partial charge in [0.25, 0.3) is 0 Å². The van der Waals surface area contributed by atoms with E-state index in [1.165, 1.54) is 0 Å². The number of carbonyl (C=O) groups excluding carboxylic acids is 1. The Balaban J connectivity index is -0.000000563. The molecular formula is C10H18I2NO2Zn-. The van der Waals surface area contributed by atoms with Crippen LogP contribution in [0.25, 0.3) is 0 Å². The van der Waals surface area contributed by atoms with E-state index in [2.05, 4.69) is 6.42 Å². The molecule has 0 spiro atoms. The third-order valence-electron chi connectivity index (χ3n) is 1.86. The monoisotopic (exact) mass is 502 g/mol. The fraction of sp³-hybridized carbons (Fsp3) is 0.800. The van der Waals surface area contributed by atoms with Crippen LogP contribution < -0.4 is 48.0 Å². The number of halogens is 2. The summed E-state index contributed by atoms with van der Waals surface area (Å²) in [6, 6.07) is 0. The summed E-state index contributed by atoms with van der Waals surface area (Å²) in [6.45, 7) is 7.27. The van der Waals surface area contributed by atoms with Gasteiger partial charge < -0.3 is 64.0 Å². The van der Waals surface area contributed by atoms with Gasteiger partial charge in [0.05, 0.1) is 0 Å². The molecule has 0 aliphatic carbocycles. The van der Waals surface area contributed by atoms with Crippen molar-refractivity contribution < 1.29 is 77.0 Å². The molecule has 1 fully saturated rings. The molecular weight excluding hydrogens is 485 g/mol. The Kier molecular flexibility index (Phi) is 14.5. The molecule has 0 aromatic carbocycles. The van der Waals surface area contributed by atoms with Crippen LogP contribution in [-0.2, 0) is 24.2 Å². The number of likely N-dealkylation sites (tertiary alicyclic amines) is 1. The van der Waals surface area contributed by atoms with Gasteiger partial charge in [0, 0.05) is 0 Å². The van der Waals surface area contributed by atoms with Crippen LogP contribution >= 0.6 is 0 Å². The van der Waals surface area contributed by atoms with E-state index in [9.17, 15) is 4.79 Å². The minimum absolute atomic E-state index is 0. The van der Waals surface area contributed by atoms with Crippen LogP contribution in [-0.4, -0.2) is 29.7 Å². The number of amides is 1. The number of hydrogen-bond donors (Lipinski definition) is 0. The van der Waals surface area contributed by atoms with E-state index in [1.807, 2.05) is 20.8 Å². The van der Waals surface area contributed by atoms with Crippen LogP contribution in [0.5, 0.6) is 0 Å². The summed E-state index contributed by atoms with van der Waals surface area (Å²) in [5, 5.41) is 0. The van der Waals surface area contributed by atoms with Crippen LogP contribution in [0.2, 0.25) is 0 Å². The maximum atomic E-state index is 11.5. The van der Waals surface area contributed by atoms with Gasteiger partial charge in [0.2, 0.25) is 0 Å². The van der Waals surface area contributed by atoms with Crippen molar-refractivity contribution in [1.29, 1.82) is 0 Å². The predicted molar refractivity (Wildman–Crippen MR) is 51.3 cm³/mol. The first-order chi connectivity index (χ1) is 5.99. The largest absolute Gasteiger partial charge is 2.00 e. The zero-order valence-corrected chi connectivity index (χ0v) is 17.4. The average molecular weight is 503 g/mol. The maximum absolute atomic E-state index is 11.5. The predicted octanol–water partition coefficient (Wildman–Crippen LogP) is -3.77. The summed E-state index contributed by atoms with van der Waals surface area (Å²) in [6.07, 6.45) is 4.00. The van der Waals surface area contributed by atoms with Crippen LogP contribution in [0.15, 0.2) is 0 Å². The van der Waals surface area contributed by atoms with E-state index in [0.717, 1.165) is 25.9 Å². The number of piperidine rings is 1. The number of nitrogens with zero attached hydrogens (tertiary/aromatic N) is 1. The van der Waals surface area contributed by atoms with Crippen molar-refractivity contribution in [1.82, 2.24) is 4.90 Å². The molecule has 0 unspecified atom stereocenters. The maximum Gasteiger partial charge on any atom is 2.00 e. The Morgan fingerprint density at radius 2 is 1.62 bits per heavy atom. The third-order valence-corrected chi connectivity index (χ3v) is 1.86. The molecule has 1 amide bonds. The summed E-state index contributed by atoms with van der Waals surface area (Å²) >= 11 is 0. The fourth-order valence-corrected chi connectivity index (χ4v) is 1.26. The summed E-state index contributed by atoms with van der Waals surface area (Å²) < 4.78 is 5.25. The Bertz CT molecular complexity index is 192. The standard InChI is InChI=1S/C10H18NO2.2HI.Zn/c1-10(2,3)13-9(12)11-7-5-4-6-8-11;;;/h4H,5-8H2,1-3H3;2*1H;/q-1;;;+2/p-2. The number of hydrogen-bond acceptors (Lipinski definition) is 2. The summed E-state index contributed by atoms with van der Waals surface area (Å²) in [4.78, 5) is 13.3. The molecule has 0 atom stereocenters. The molecule has 0 N–H and O–H groups in total. The minimum atomic E-state index is -0.377. The zero-order valence-electron chi connectivity index (χ0n) is 10.1. The second-order valence-electron chi connectivity index (χ2n) is 4.33. The molecule has 0 radical (unpaired) electrons. The van der Waals surface area contributed by atoms with E-state index < -0.39 is 0 Å². The van der Waals surface area contributed by atoms with Crippen molar-refractivity contribution in [2.45, 2.75) is 39.2 Å². The minimum Gasteiger partial charge on any atom is -1.00 e. The zero-order chi connectivity index (χ0) is 9.90. The molecule has 16 heavy (non-hydrogen) atoms. The molecule has 0 saturated carbocycles. The Morgan fingerprint density at radius 3 is 2.00 bits per heavy atom. The number of carbonyl (C=O) groups is 1. The van der Waals surface area contributed by atoms with Crippen molar-refractivity contribution in [2.24, 2.45) is 0 Å². The molecule has 6 heteroatoms. The molecule has 1 saturated heterocycles. The summed E-state index contributed by atoms with van der Waals surface area (Å²) in [5.74, 6) is 0. The van der Waals surface area contributed by atoms with Gasteiger partial charge >= 0.3 is 25.6 Å². The molecule has 0 aromatic rings. The smallest absolute Gasteiger partial charge is 1.00 e. The van der Waals surface area contributed by atoms with Gasteiger partial charge in [-0.1, -0.05) is 0 Å². The normalized spacial score (nSPS) is 15.1. The van der Waals surface area contributed by atoms with Crippen LogP contribution in [0.3, 0.4) is 0 Å². The molecule has 1 aliphatic heterocycles. The number of ether oxygens (including phenoxy) is 1. The van der Waals surface area contributed by atoms with Crippen LogP contribution in [0, 0.1) is 6.42 Å². The van der Waals surface area contributed by atoms with E-state index in [4.69, 9.17) is 4.74 Å². The van der Waals surface area contributed by atoms with E-state index in [-0.39, 0.29) is 79.1 Å². The van der Waals surface area contributed by atoms with Gasteiger partial charge in [-0.3, -0.25) is 0 Å². The Hall–Kier alpha value is 1.35. The van der Waals surface area contributed by atoms with Crippen molar-refractivity contribution in [3.63, 3.8) is 0 Å². The van der Waals surface area contributed by atoms with Gasteiger partial charge in [-0.25, -0.2) is 4.79 Å². The summed E-state index contributed by atoms with van der Waals surface area (Å²) in [5.41, 5.74) is -0.377. The molecule has 1 aliphatic rings. The second-order valence-corrected chi connectivity index (χ2v) is 4.33. The molecule has 3 nitrogen and oxygen atoms in total. The van der Waals surface area contributed by atoms with Gasteiger partial charge in [0.1, 0.15) is 5.60 Å². The molecule has 0 aromatic heterocycles. The van der Waals surface area contributed by atoms with Crippen LogP contribution in [0.1, 0.15) is 33.6 Å². The van der Waals surface area contributed by atoms with E-state index in [1.54, 1.807) is 4.90 Å². The second kappa shape index (κ2) is 10.3. The summed E-state index contributed by atoms with van der Waals surface area (Å²) in [7, 11) is 0. The Morgan fingerprint density at radius 1 is 1.19 bits per heavy atom. The van der Waals surface area contributed by atoms with E-state index >= 15 is 0 Å². The first-order valence-electron chi connectivity index (χ1n) is 4.78.